The summed E-state index contributed by atoms with van der Waals surface area (Å²) in [5, 5.41) is 11.5. The highest BCUT2D eigenvalue weighted by molar-refractivity contribution is 8.04. The molecule has 1 atom stereocenters. The number of carbonyl (C=O) groups excluding carboxylic acids is 2. The third-order valence-corrected chi connectivity index (χ3v) is 12.6. The number of nitrogens with zero attached hydrogens (tertiary/aromatic N) is 1. The fourth-order valence-corrected chi connectivity index (χ4v) is 8.90. The number of carbonyl (C=O) groups is 2. The van der Waals surface area contributed by atoms with Gasteiger partial charge in [-0.25, -0.2) is 0 Å². The zero-order valence-electron chi connectivity index (χ0n) is 35.4. The van der Waals surface area contributed by atoms with Crippen LogP contribution in [0.25, 0.3) is 0 Å². The molecule has 0 saturated carbocycles. The highest BCUT2D eigenvalue weighted by Crippen LogP contribution is 2.20. The van der Waals surface area contributed by atoms with Crippen LogP contribution in [-0.2, 0) is 22.9 Å². The molecule has 0 aromatic carbocycles. The Morgan fingerprint density at radius 2 is 0.755 bits per heavy atom. The summed E-state index contributed by atoms with van der Waals surface area (Å²) in [7, 11) is -2.99. The molecule has 8 heteroatoms. The summed E-state index contributed by atoms with van der Waals surface area (Å²) in [6.07, 6.45) is 44.3. The first-order valence-corrected chi connectivity index (χ1v) is 25.4. The van der Waals surface area contributed by atoms with Crippen LogP contribution in [0.15, 0.2) is 0 Å². The van der Waals surface area contributed by atoms with Gasteiger partial charge in [-0.2, -0.15) is 5.26 Å². The zero-order chi connectivity index (χ0) is 38.7. The van der Waals surface area contributed by atoms with Gasteiger partial charge in [-0.05, 0) is 31.0 Å². The lowest BCUT2D eigenvalue weighted by atomic mass is 10.0. The van der Waals surface area contributed by atoms with Crippen molar-refractivity contribution in [2.24, 2.45) is 0 Å². The fraction of sp³-hybridized carbons (Fsp3) is 0.933. The summed E-state index contributed by atoms with van der Waals surface area (Å²) in [4.78, 5) is 25.5. The average molecular weight is 782 g/mol. The quantitative estimate of drug-likeness (QED) is 0.0346. The second-order valence-electron chi connectivity index (χ2n) is 15.7. The van der Waals surface area contributed by atoms with Crippen molar-refractivity contribution in [1.29, 1.82) is 5.26 Å². The molecule has 0 aromatic rings. The van der Waals surface area contributed by atoms with Crippen molar-refractivity contribution in [2.75, 3.05) is 6.61 Å². The van der Waals surface area contributed by atoms with Gasteiger partial charge in [0.2, 0.25) is 0 Å². The van der Waals surface area contributed by atoms with E-state index in [9.17, 15) is 14.9 Å². The van der Waals surface area contributed by atoms with Gasteiger partial charge in [-0.15, -0.1) is 0 Å². The van der Waals surface area contributed by atoms with E-state index < -0.39 is 9.53 Å². The third kappa shape index (κ3) is 40.4. The summed E-state index contributed by atoms with van der Waals surface area (Å²) in [5.41, 5.74) is 0. The van der Waals surface area contributed by atoms with Crippen LogP contribution in [0.1, 0.15) is 258 Å². The van der Waals surface area contributed by atoms with Gasteiger partial charge >= 0.3 is 9.53 Å². The Morgan fingerprint density at radius 1 is 0.472 bits per heavy atom. The van der Waals surface area contributed by atoms with Crippen molar-refractivity contribution < 1.29 is 22.9 Å². The molecule has 0 rings (SSSR count). The van der Waals surface area contributed by atoms with Gasteiger partial charge in [0.25, 0.3) is 11.9 Å². The summed E-state index contributed by atoms with van der Waals surface area (Å²) in [5.74, 6) is -0.660. The topological polar surface area (TPSA) is 85.6 Å². The minimum atomic E-state index is -2.99. The first kappa shape index (κ1) is 52.0. The van der Waals surface area contributed by atoms with E-state index in [-0.39, 0.29) is 23.8 Å². The lowest BCUT2D eigenvalue weighted by molar-refractivity contribution is -0.143. The van der Waals surface area contributed by atoms with E-state index in [4.69, 9.17) is 13.3 Å². The van der Waals surface area contributed by atoms with E-state index in [0.29, 0.717) is 12.8 Å². The number of rotatable bonds is 43. The molecule has 312 valence electrons. The predicted molar refractivity (Wildman–Crippen MR) is 230 cm³/mol. The molecule has 0 heterocycles. The van der Waals surface area contributed by atoms with Gasteiger partial charge < -0.3 is 13.3 Å². The second-order valence-corrected chi connectivity index (χ2v) is 18.1. The Hall–Kier alpha value is -1.04. The van der Waals surface area contributed by atoms with E-state index >= 15 is 0 Å². The van der Waals surface area contributed by atoms with Gasteiger partial charge in [0.15, 0.2) is 0 Å². The van der Waals surface area contributed by atoms with Gasteiger partial charge in [0, 0.05) is 18.1 Å². The molecular formula is C45H87NO5SSi. The number of hydrogen-bond acceptors (Lipinski definition) is 7. The maximum atomic E-state index is 12.8. The number of hydrogen-bond donors (Lipinski definition) is 0. The molecule has 0 aliphatic heterocycles. The van der Waals surface area contributed by atoms with Crippen molar-refractivity contribution in [3.63, 3.8) is 0 Å². The van der Waals surface area contributed by atoms with Crippen LogP contribution < -0.4 is 0 Å². The maximum Gasteiger partial charge on any atom is 0.619 e. The first-order valence-electron chi connectivity index (χ1n) is 23.1. The third-order valence-electron chi connectivity index (χ3n) is 10.4. The first-order chi connectivity index (χ1) is 26.1. The van der Waals surface area contributed by atoms with Crippen molar-refractivity contribution in [2.45, 2.75) is 264 Å². The van der Waals surface area contributed by atoms with Crippen LogP contribution >= 0.6 is 11.8 Å². The number of nitriles is 1. The smallest absolute Gasteiger partial charge is 0.467 e. The molecule has 0 fully saturated rings. The molecular weight excluding hydrogens is 695 g/mol. The fourth-order valence-electron chi connectivity index (χ4n) is 6.94. The molecule has 0 saturated heterocycles. The van der Waals surface area contributed by atoms with Crippen LogP contribution in [-0.4, -0.2) is 33.3 Å². The average Bonchev–Trinajstić information content (AvgIpc) is 3.15. The van der Waals surface area contributed by atoms with Gasteiger partial charge in [-0.1, -0.05) is 226 Å². The number of thiocyanates is 1. The summed E-state index contributed by atoms with van der Waals surface area (Å²) < 4.78 is 17.4. The van der Waals surface area contributed by atoms with Crippen LogP contribution in [0.4, 0.5) is 0 Å². The Kier molecular flexibility index (Phi) is 42.8. The highest BCUT2D eigenvalue weighted by atomic mass is 32.2. The van der Waals surface area contributed by atoms with Crippen molar-refractivity contribution in [1.82, 2.24) is 0 Å². The number of unbranched alkanes of at least 4 members (excludes halogenated alkanes) is 31. The molecule has 53 heavy (non-hydrogen) atoms. The molecule has 0 aliphatic rings. The van der Waals surface area contributed by atoms with Crippen LogP contribution in [0.5, 0.6) is 0 Å². The van der Waals surface area contributed by atoms with Crippen LogP contribution in [0.2, 0.25) is 0 Å². The van der Waals surface area contributed by atoms with E-state index in [1.165, 1.54) is 172 Å². The van der Waals surface area contributed by atoms with Gasteiger partial charge in [-0.3, -0.25) is 9.59 Å². The Bertz CT molecular complexity index is 777. The van der Waals surface area contributed by atoms with Crippen molar-refractivity contribution in [3.05, 3.63) is 0 Å². The molecule has 6 nitrogen and oxygen atoms in total. The largest absolute Gasteiger partial charge is 0.619 e. The Labute approximate surface area is 335 Å². The standard InChI is InChI=1S/C45H87NO5SSi/c1-4-7-10-13-15-17-19-21-23-25-27-29-31-33-36-39-44(47)50-53(49-41-43(52-42-46)38-35-12-9-6-3)51-45(48)40-37-34-32-30-28-26-24-22-20-18-16-14-11-8-5-2/h43,53H,4-41H2,1-3H3. The molecule has 0 aliphatic carbocycles. The molecule has 0 aromatic heterocycles. The zero-order valence-corrected chi connectivity index (χ0v) is 37.4. The predicted octanol–water partition coefficient (Wildman–Crippen LogP) is 14.9. The molecule has 0 bridgehead atoms. The summed E-state index contributed by atoms with van der Waals surface area (Å²) in [6, 6.07) is 0. The van der Waals surface area contributed by atoms with Crippen LogP contribution in [0, 0.1) is 10.7 Å². The molecule has 0 amide bonds. The van der Waals surface area contributed by atoms with Crippen molar-refractivity contribution in [3.8, 4) is 5.40 Å². The minimum Gasteiger partial charge on any atom is -0.467 e. The summed E-state index contributed by atoms with van der Waals surface area (Å²) in [6.45, 7) is 6.99. The summed E-state index contributed by atoms with van der Waals surface area (Å²) >= 11 is 1.20. The monoisotopic (exact) mass is 782 g/mol. The van der Waals surface area contributed by atoms with E-state index in [1.54, 1.807) is 0 Å². The Morgan fingerprint density at radius 3 is 1.06 bits per heavy atom. The lowest BCUT2D eigenvalue weighted by Gasteiger charge is -2.19. The molecule has 0 N–H and O–H groups in total. The highest BCUT2D eigenvalue weighted by Gasteiger charge is 2.27. The lowest BCUT2D eigenvalue weighted by Crippen LogP contribution is -2.34. The second kappa shape index (κ2) is 43.7. The minimum absolute atomic E-state index is 0.0182. The van der Waals surface area contributed by atoms with E-state index in [1.807, 2.05) is 0 Å². The molecule has 0 radical (unpaired) electrons. The van der Waals surface area contributed by atoms with Crippen LogP contribution in [0.3, 0.4) is 0 Å². The van der Waals surface area contributed by atoms with Crippen molar-refractivity contribution >= 4 is 33.2 Å². The van der Waals surface area contributed by atoms with E-state index in [2.05, 4.69) is 26.2 Å². The Balaban J connectivity index is 4.31. The molecule has 1 unspecified atom stereocenters. The maximum absolute atomic E-state index is 12.8. The number of thioether (sulfide) groups is 1. The van der Waals surface area contributed by atoms with Gasteiger partial charge in [0.1, 0.15) is 5.40 Å². The van der Waals surface area contributed by atoms with Gasteiger partial charge in [0.05, 0.1) is 6.61 Å². The normalized spacial score (nSPS) is 11.9. The van der Waals surface area contributed by atoms with E-state index in [0.717, 1.165) is 64.2 Å². The SMILES string of the molecule is CCCCCCCCCCCCCCCCCC(=O)O[SiH](OCC(CCCCCC)SC#N)OC(=O)CCCCCCCCCCCCCCCCC. The molecule has 0 spiro atoms.